The van der Waals surface area contributed by atoms with E-state index in [2.05, 4.69) is 0 Å². The number of hydrogen-bond donors (Lipinski definition) is 0. The molecule has 98 valence electrons. The van der Waals surface area contributed by atoms with E-state index in [0.717, 1.165) is 5.56 Å². The van der Waals surface area contributed by atoms with Crippen LogP contribution in [-0.2, 0) is 14.2 Å². The van der Waals surface area contributed by atoms with Gasteiger partial charge in [-0.05, 0) is 32.4 Å². The van der Waals surface area contributed by atoms with Crippen LogP contribution in [0.4, 0.5) is 0 Å². The Kier molecular flexibility index (Phi) is 3.68. The summed E-state index contributed by atoms with van der Waals surface area (Å²) in [6.07, 6.45) is -0.222. The standard InChI is InChI=1S/C14H18O4/c1-4-16-13(15)11-8-6-5-7-10(11)12-9-17-14(2,3)18-12/h5-8,12H,4,9H2,1-3H3. The summed E-state index contributed by atoms with van der Waals surface area (Å²) in [7, 11) is 0. The highest BCUT2D eigenvalue weighted by Crippen LogP contribution is 2.34. The fourth-order valence-corrected chi connectivity index (χ4v) is 2.01. The summed E-state index contributed by atoms with van der Waals surface area (Å²) in [5.41, 5.74) is 1.37. The first kappa shape index (κ1) is 13.1. The Morgan fingerprint density at radius 2 is 2.17 bits per heavy atom. The van der Waals surface area contributed by atoms with Gasteiger partial charge >= 0.3 is 5.97 Å². The van der Waals surface area contributed by atoms with E-state index in [1.165, 1.54) is 0 Å². The molecule has 0 bridgehead atoms. The van der Waals surface area contributed by atoms with Crippen LogP contribution in [0.3, 0.4) is 0 Å². The van der Waals surface area contributed by atoms with Gasteiger partial charge in [0.2, 0.25) is 0 Å². The van der Waals surface area contributed by atoms with E-state index in [9.17, 15) is 4.79 Å². The molecule has 2 rings (SSSR count). The van der Waals surface area contributed by atoms with Crippen LogP contribution in [0.15, 0.2) is 24.3 Å². The quantitative estimate of drug-likeness (QED) is 0.774. The number of carbonyl (C=O) groups excluding carboxylic acids is 1. The lowest BCUT2D eigenvalue weighted by atomic mass is 10.0. The highest BCUT2D eigenvalue weighted by atomic mass is 16.7. The largest absolute Gasteiger partial charge is 0.462 e. The first-order valence-corrected chi connectivity index (χ1v) is 6.11. The topological polar surface area (TPSA) is 44.8 Å². The highest BCUT2D eigenvalue weighted by Gasteiger charge is 2.35. The zero-order valence-electron chi connectivity index (χ0n) is 10.9. The highest BCUT2D eigenvalue weighted by molar-refractivity contribution is 5.91. The summed E-state index contributed by atoms with van der Waals surface area (Å²) in [5, 5.41) is 0. The van der Waals surface area contributed by atoms with Crippen LogP contribution >= 0.6 is 0 Å². The minimum Gasteiger partial charge on any atom is -0.462 e. The summed E-state index contributed by atoms with van der Waals surface area (Å²) >= 11 is 0. The molecule has 1 aromatic carbocycles. The lowest BCUT2D eigenvalue weighted by Gasteiger charge is -2.18. The summed E-state index contributed by atoms with van der Waals surface area (Å²) in [4.78, 5) is 11.9. The summed E-state index contributed by atoms with van der Waals surface area (Å²) < 4.78 is 16.3. The fraction of sp³-hybridized carbons (Fsp3) is 0.500. The van der Waals surface area contributed by atoms with Crippen molar-refractivity contribution in [2.75, 3.05) is 13.2 Å². The van der Waals surface area contributed by atoms with Crippen molar-refractivity contribution in [2.24, 2.45) is 0 Å². The fourth-order valence-electron chi connectivity index (χ4n) is 2.01. The van der Waals surface area contributed by atoms with E-state index in [4.69, 9.17) is 14.2 Å². The molecule has 1 atom stereocenters. The normalized spacial score (nSPS) is 21.8. The van der Waals surface area contributed by atoms with Gasteiger partial charge in [-0.2, -0.15) is 0 Å². The molecule has 0 amide bonds. The third kappa shape index (κ3) is 2.71. The van der Waals surface area contributed by atoms with Crippen molar-refractivity contribution in [3.8, 4) is 0 Å². The molecule has 1 aliphatic heterocycles. The average Bonchev–Trinajstić information content (AvgIpc) is 2.70. The Morgan fingerprint density at radius 3 is 2.78 bits per heavy atom. The van der Waals surface area contributed by atoms with Crippen LogP contribution in [-0.4, -0.2) is 25.0 Å². The van der Waals surface area contributed by atoms with Gasteiger partial charge in [0.15, 0.2) is 5.79 Å². The van der Waals surface area contributed by atoms with Crippen LogP contribution in [0, 0.1) is 0 Å². The molecule has 0 radical (unpaired) electrons. The molecule has 0 saturated carbocycles. The molecule has 1 aliphatic rings. The van der Waals surface area contributed by atoms with Crippen LogP contribution in [0.1, 0.15) is 42.8 Å². The molecule has 0 spiro atoms. The molecular formula is C14H18O4. The van der Waals surface area contributed by atoms with E-state index in [-0.39, 0.29) is 12.1 Å². The minimum atomic E-state index is -0.605. The average molecular weight is 250 g/mol. The van der Waals surface area contributed by atoms with Gasteiger partial charge in [0.05, 0.1) is 18.8 Å². The van der Waals surface area contributed by atoms with E-state index in [0.29, 0.717) is 18.8 Å². The zero-order valence-corrected chi connectivity index (χ0v) is 10.9. The van der Waals surface area contributed by atoms with Gasteiger partial charge in [0.25, 0.3) is 0 Å². The molecule has 0 aliphatic carbocycles. The molecule has 4 heteroatoms. The first-order valence-electron chi connectivity index (χ1n) is 6.11. The van der Waals surface area contributed by atoms with Crippen LogP contribution in [0.2, 0.25) is 0 Å². The van der Waals surface area contributed by atoms with E-state index < -0.39 is 5.79 Å². The van der Waals surface area contributed by atoms with E-state index in [1.54, 1.807) is 13.0 Å². The van der Waals surface area contributed by atoms with Crippen molar-refractivity contribution in [2.45, 2.75) is 32.7 Å². The SMILES string of the molecule is CCOC(=O)c1ccccc1C1COC(C)(C)O1. The second-order valence-electron chi connectivity index (χ2n) is 4.63. The van der Waals surface area contributed by atoms with Crippen molar-refractivity contribution < 1.29 is 19.0 Å². The van der Waals surface area contributed by atoms with Gasteiger partial charge in [0.1, 0.15) is 6.10 Å². The summed E-state index contributed by atoms with van der Waals surface area (Å²) in [6, 6.07) is 7.33. The maximum absolute atomic E-state index is 11.9. The van der Waals surface area contributed by atoms with Crippen molar-refractivity contribution >= 4 is 5.97 Å². The third-order valence-corrected chi connectivity index (χ3v) is 2.81. The minimum absolute atomic E-state index is 0.222. The van der Waals surface area contributed by atoms with Gasteiger partial charge in [0, 0.05) is 0 Å². The van der Waals surface area contributed by atoms with Gasteiger partial charge in [-0.15, -0.1) is 0 Å². The number of carbonyl (C=O) groups is 1. The van der Waals surface area contributed by atoms with Crippen LogP contribution in [0.25, 0.3) is 0 Å². The maximum Gasteiger partial charge on any atom is 0.338 e. The molecule has 4 nitrogen and oxygen atoms in total. The molecule has 1 saturated heterocycles. The number of hydrogen-bond acceptors (Lipinski definition) is 4. The maximum atomic E-state index is 11.9. The van der Waals surface area contributed by atoms with Crippen molar-refractivity contribution in [3.05, 3.63) is 35.4 Å². The molecule has 1 unspecified atom stereocenters. The van der Waals surface area contributed by atoms with Crippen molar-refractivity contribution in [3.63, 3.8) is 0 Å². The third-order valence-electron chi connectivity index (χ3n) is 2.81. The zero-order chi connectivity index (χ0) is 13.2. The Bertz CT molecular complexity index is 439. The summed E-state index contributed by atoms with van der Waals surface area (Å²) in [6.45, 7) is 6.32. The Hall–Kier alpha value is -1.39. The number of benzene rings is 1. The lowest BCUT2D eigenvalue weighted by Crippen LogP contribution is -2.20. The Morgan fingerprint density at radius 1 is 1.44 bits per heavy atom. The summed E-state index contributed by atoms with van der Waals surface area (Å²) in [5.74, 6) is -0.923. The molecule has 0 aromatic heterocycles. The van der Waals surface area contributed by atoms with Crippen molar-refractivity contribution in [1.82, 2.24) is 0 Å². The van der Waals surface area contributed by atoms with Crippen LogP contribution in [0.5, 0.6) is 0 Å². The Labute approximate surface area is 107 Å². The van der Waals surface area contributed by atoms with Gasteiger partial charge in [-0.25, -0.2) is 4.79 Å². The Balaban J connectivity index is 2.26. The van der Waals surface area contributed by atoms with E-state index >= 15 is 0 Å². The van der Waals surface area contributed by atoms with Gasteiger partial charge in [-0.1, -0.05) is 18.2 Å². The second-order valence-corrected chi connectivity index (χ2v) is 4.63. The number of esters is 1. The number of rotatable bonds is 3. The molecular weight excluding hydrogens is 232 g/mol. The predicted octanol–water partition coefficient (Wildman–Crippen LogP) is 2.69. The van der Waals surface area contributed by atoms with Crippen LogP contribution < -0.4 is 0 Å². The van der Waals surface area contributed by atoms with E-state index in [1.807, 2.05) is 32.0 Å². The monoisotopic (exact) mass is 250 g/mol. The second kappa shape index (κ2) is 5.08. The van der Waals surface area contributed by atoms with Gasteiger partial charge in [-0.3, -0.25) is 0 Å². The molecule has 1 fully saturated rings. The molecule has 1 aromatic rings. The van der Waals surface area contributed by atoms with Gasteiger partial charge < -0.3 is 14.2 Å². The molecule has 1 heterocycles. The molecule has 18 heavy (non-hydrogen) atoms. The predicted molar refractivity (Wildman–Crippen MR) is 66.3 cm³/mol. The van der Waals surface area contributed by atoms with Crippen molar-refractivity contribution in [1.29, 1.82) is 0 Å². The molecule has 0 N–H and O–H groups in total. The smallest absolute Gasteiger partial charge is 0.338 e. The lowest BCUT2D eigenvalue weighted by molar-refractivity contribution is -0.139. The number of ether oxygens (including phenoxy) is 3. The first-order chi connectivity index (χ1) is 8.53.